The number of hydrogen-bond acceptors (Lipinski definition) is 8. The molecule has 0 aliphatic rings. The molecule has 12 nitrogen and oxygen atoms in total. The number of hydrogen-bond donors (Lipinski definition) is 4. The van der Waals surface area contributed by atoms with Gasteiger partial charge >= 0.3 is 0 Å². The van der Waals surface area contributed by atoms with E-state index in [9.17, 15) is 38.4 Å². The predicted molar refractivity (Wildman–Crippen MR) is 134 cm³/mol. The lowest BCUT2D eigenvalue weighted by atomic mass is 9.71. The Morgan fingerprint density at radius 2 is 0.595 bits per heavy atom. The van der Waals surface area contributed by atoms with Gasteiger partial charge in [-0.15, -0.1) is 0 Å². The quantitative estimate of drug-likeness (QED) is 0.170. The first kappa shape index (κ1) is 33.6. The van der Waals surface area contributed by atoms with E-state index in [-0.39, 0.29) is 124 Å². The number of rotatable bonds is 20. The Morgan fingerprint density at radius 3 is 0.757 bits per heavy atom. The van der Waals surface area contributed by atoms with Crippen LogP contribution in [0.15, 0.2) is 0 Å². The maximum Gasteiger partial charge on any atom is 0.220 e. The highest BCUT2D eigenvalue weighted by molar-refractivity contribution is 5.86. The topological polar surface area (TPSA) is 185 Å². The number of amides is 4. The van der Waals surface area contributed by atoms with Gasteiger partial charge in [0.25, 0.3) is 0 Å². The fourth-order valence-corrected chi connectivity index (χ4v) is 3.51. The highest BCUT2D eigenvalue weighted by atomic mass is 16.2. The van der Waals surface area contributed by atoms with E-state index in [0.29, 0.717) is 0 Å². The van der Waals surface area contributed by atoms with Crippen molar-refractivity contribution in [2.45, 2.75) is 79.1 Å². The molecule has 0 spiro atoms. The zero-order valence-corrected chi connectivity index (χ0v) is 22.3. The average molecular weight is 525 g/mol. The van der Waals surface area contributed by atoms with Crippen molar-refractivity contribution in [2.24, 2.45) is 5.41 Å². The molecule has 4 amide bonds. The summed E-state index contributed by atoms with van der Waals surface area (Å²) in [5.74, 6) is -2.41. The Balaban J connectivity index is 5.65. The molecule has 0 saturated carbocycles. The molecule has 208 valence electrons. The lowest BCUT2D eigenvalue weighted by Crippen LogP contribution is -2.35. The van der Waals surface area contributed by atoms with Gasteiger partial charge in [0, 0.05) is 25.7 Å². The largest absolute Gasteiger partial charge is 0.349 e. The molecule has 0 aliphatic heterocycles. The molecule has 0 bridgehead atoms. The summed E-state index contributed by atoms with van der Waals surface area (Å²) in [6.45, 7) is 4.85. The smallest absolute Gasteiger partial charge is 0.220 e. The summed E-state index contributed by atoms with van der Waals surface area (Å²) in [6, 6.07) is 0. The SMILES string of the molecule is CC(=O)CNC(=O)CCC(CCC(=O)NCC(C)=O)(CCC(=O)NCC(C)=O)CCC(=O)NCC(C)=O. The van der Waals surface area contributed by atoms with Crippen LogP contribution in [0, 0.1) is 5.41 Å². The first-order chi connectivity index (χ1) is 17.2. The second kappa shape index (κ2) is 17.9. The van der Waals surface area contributed by atoms with E-state index in [1.807, 2.05) is 0 Å². The van der Waals surface area contributed by atoms with E-state index >= 15 is 0 Å². The molecule has 4 N–H and O–H groups in total. The molecule has 0 fully saturated rings. The lowest BCUT2D eigenvalue weighted by molar-refractivity contribution is -0.127. The van der Waals surface area contributed by atoms with Crippen molar-refractivity contribution < 1.29 is 38.4 Å². The third-order valence-electron chi connectivity index (χ3n) is 5.67. The van der Waals surface area contributed by atoms with Crippen LogP contribution >= 0.6 is 0 Å². The zero-order chi connectivity index (χ0) is 28.4. The minimum atomic E-state index is -0.803. The van der Waals surface area contributed by atoms with Gasteiger partial charge in [0.1, 0.15) is 23.1 Å². The van der Waals surface area contributed by atoms with Crippen molar-refractivity contribution >= 4 is 46.8 Å². The predicted octanol–water partition coefficient (Wildman–Crippen LogP) is -0.0856. The Bertz CT molecular complexity index is 727. The second-order valence-corrected chi connectivity index (χ2v) is 9.41. The van der Waals surface area contributed by atoms with Gasteiger partial charge in [0.05, 0.1) is 26.2 Å². The monoisotopic (exact) mass is 524 g/mol. The molecule has 0 aromatic rings. The van der Waals surface area contributed by atoms with Crippen LogP contribution in [0.3, 0.4) is 0 Å². The Labute approximate surface area is 217 Å². The molecule has 0 atom stereocenters. The lowest BCUT2D eigenvalue weighted by Gasteiger charge is -2.34. The number of carbonyl (C=O) groups is 8. The minimum Gasteiger partial charge on any atom is -0.349 e. The van der Waals surface area contributed by atoms with Crippen LogP contribution in [0.25, 0.3) is 0 Å². The summed E-state index contributed by atoms with van der Waals surface area (Å²) in [7, 11) is 0. The van der Waals surface area contributed by atoms with Gasteiger partial charge in [-0.05, 0) is 58.8 Å². The van der Waals surface area contributed by atoms with Crippen LogP contribution in [0.4, 0.5) is 0 Å². The maximum atomic E-state index is 12.3. The summed E-state index contributed by atoms with van der Waals surface area (Å²) >= 11 is 0. The van der Waals surface area contributed by atoms with Crippen molar-refractivity contribution in [3.8, 4) is 0 Å². The van der Waals surface area contributed by atoms with E-state index in [4.69, 9.17) is 0 Å². The van der Waals surface area contributed by atoms with Crippen molar-refractivity contribution in [3.63, 3.8) is 0 Å². The van der Waals surface area contributed by atoms with Crippen LogP contribution < -0.4 is 21.3 Å². The fraction of sp³-hybridized carbons (Fsp3) is 0.680. The molecule has 12 heteroatoms. The van der Waals surface area contributed by atoms with Crippen molar-refractivity contribution in [1.29, 1.82) is 0 Å². The molecule has 0 aromatic carbocycles. The Hall–Kier alpha value is -3.44. The number of ketones is 4. The number of carbonyl (C=O) groups excluding carboxylic acids is 8. The first-order valence-corrected chi connectivity index (χ1v) is 12.3. The molecule has 0 heterocycles. The van der Waals surface area contributed by atoms with E-state index in [1.165, 1.54) is 27.7 Å². The Kier molecular flexibility index (Phi) is 16.2. The first-order valence-electron chi connectivity index (χ1n) is 12.3. The fourth-order valence-electron chi connectivity index (χ4n) is 3.51. The standard InChI is InChI=1S/C25H40N4O8/c1-17(30)13-26-21(34)5-9-25(10-6-22(35)27-14-18(2)31,11-7-23(36)28-15-19(3)32)12-8-24(37)29-16-20(4)33/h5-16H2,1-4H3,(H,26,34)(H,27,35)(H,28,36)(H,29,37). The van der Waals surface area contributed by atoms with Crippen LogP contribution in [0.2, 0.25) is 0 Å². The normalized spacial score (nSPS) is 10.7. The van der Waals surface area contributed by atoms with E-state index < -0.39 is 5.41 Å². The highest BCUT2D eigenvalue weighted by Gasteiger charge is 2.32. The van der Waals surface area contributed by atoms with Gasteiger partial charge in [0.2, 0.25) is 23.6 Å². The third kappa shape index (κ3) is 18.5. The van der Waals surface area contributed by atoms with Crippen molar-refractivity contribution in [2.75, 3.05) is 26.2 Å². The van der Waals surface area contributed by atoms with Gasteiger partial charge in [-0.3, -0.25) is 38.4 Å². The second-order valence-electron chi connectivity index (χ2n) is 9.41. The molecule has 0 unspecified atom stereocenters. The van der Waals surface area contributed by atoms with Crippen molar-refractivity contribution in [3.05, 3.63) is 0 Å². The van der Waals surface area contributed by atoms with Gasteiger partial charge in [0.15, 0.2) is 0 Å². The van der Waals surface area contributed by atoms with Gasteiger partial charge in [-0.2, -0.15) is 0 Å². The summed E-state index contributed by atoms with van der Waals surface area (Å²) in [5, 5.41) is 10.0. The highest BCUT2D eigenvalue weighted by Crippen LogP contribution is 2.40. The van der Waals surface area contributed by atoms with Crippen LogP contribution in [0.5, 0.6) is 0 Å². The van der Waals surface area contributed by atoms with E-state index in [1.54, 1.807) is 0 Å². The molecule has 0 radical (unpaired) electrons. The summed E-state index contributed by atoms with van der Waals surface area (Å²) < 4.78 is 0. The Morgan fingerprint density at radius 1 is 0.405 bits per heavy atom. The summed E-state index contributed by atoms with van der Waals surface area (Å²) in [6.07, 6.45) is 0.846. The van der Waals surface area contributed by atoms with Gasteiger partial charge in [-0.25, -0.2) is 0 Å². The number of nitrogens with one attached hydrogen (secondary N) is 4. The summed E-state index contributed by atoms with van der Waals surface area (Å²) in [4.78, 5) is 94.1. The molecule has 0 aromatic heterocycles. The third-order valence-corrected chi connectivity index (χ3v) is 5.67. The minimum absolute atomic E-state index is 0.00747. The van der Waals surface area contributed by atoms with Crippen LogP contribution in [0.1, 0.15) is 79.1 Å². The van der Waals surface area contributed by atoms with Gasteiger partial charge in [-0.1, -0.05) is 0 Å². The van der Waals surface area contributed by atoms with E-state index in [0.717, 1.165) is 0 Å². The number of Topliss-reactive ketones (excluding diaryl/α,β-unsaturated/α-hetero) is 4. The molecule has 37 heavy (non-hydrogen) atoms. The van der Waals surface area contributed by atoms with Gasteiger partial charge < -0.3 is 21.3 Å². The molecular weight excluding hydrogens is 484 g/mol. The maximum absolute atomic E-state index is 12.3. The average Bonchev–Trinajstić information content (AvgIpc) is 2.82. The van der Waals surface area contributed by atoms with Crippen molar-refractivity contribution in [1.82, 2.24) is 21.3 Å². The molecule has 0 aliphatic carbocycles. The zero-order valence-electron chi connectivity index (χ0n) is 22.3. The molecule has 0 rings (SSSR count). The molecule has 0 saturated heterocycles. The van der Waals surface area contributed by atoms with Crippen LogP contribution in [-0.2, 0) is 38.4 Å². The molecular formula is C25H40N4O8. The summed E-state index contributed by atoms with van der Waals surface area (Å²) in [5.41, 5.74) is -0.803. The van der Waals surface area contributed by atoms with E-state index in [2.05, 4.69) is 21.3 Å². The van der Waals surface area contributed by atoms with Crippen LogP contribution in [-0.4, -0.2) is 72.9 Å².